The number of benzene rings is 2. The number of carbonyl (C=O) groups excluding carboxylic acids is 1. The van der Waals surface area contributed by atoms with Crippen LogP contribution < -0.4 is 15.6 Å². The number of nitrogens with zero attached hydrogens (tertiary/aromatic N) is 1. The molecular formula is C24H26N2O4. The van der Waals surface area contributed by atoms with E-state index in [0.717, 1.165) is 42.8 Å². The van der Waals surface area contributed by atoms with E-state index >= 15 is 0 Å². The Hall–Kier alpha value is -3.12. The van der Waals surface area contributed by atoms with Crippen LogP contribution in [0.3, 0.4) is 0 Å². The van der Waals surface area contributed by atoms with Crippen molar-refractivity contribution in [2.75, 3.05) is 25.6 Å². The van der Waals surface area contributed by atoms with Crippen LogP contribution in [-0.2, 0) is 11.3 Å². The molecule has 4 rings (SSSR count). The lowest BCUT2D eigenvalue weighted by molar-refractivity contribution is 0.0610. The number of ether oxygens (including phenoxy) is 2. The molecule has 0 unspecified atom stereocenters. The van der Waals surface area contributed by atoms with E-state index < -0.39 is 0 Å². The van der Waals surface area contributed by atoms with Crippen molar-refractivity contribution >= 4 is 22.4 Å². The number of amides is 1. The van der Waals surface area contributed by atoms with Gasteiger partial charge in [0.25, 0.3) is 11.5 Å². The number of hydrogen-bond acceptors (Lipinski definition) is 4. The Kier molecular flexibility index (Phi) is 5.86. The minimum Gasteiger partial charge on any atom is -0.496 e. The average Bonchev–Trinajstić information content (AvgIpc) is 2.76. The number of methoxy groups -OCH3 is 1. The Bertz CT molecular complexity index is 1130. The molecular weight excluding hydrogens is 380 g/mol. The van der Waals surface area contributed by atoms with E-state index in [1.807, 2.05) is 31.3 Å². The molecule has 1 amide bonds. The van der Waals surface area contributed by atoms with Gasteiger partial charge in [0.05, 0.1) is 7.11 Å². The lowest BCUT2D eigenvalue weighted by Gasteiger charge is -2.23. The molecule has 2 heterocycles. The fourth-order valence-electron chi connectivity index (χ4n) is 3.99. The first kappa shape index (κ1) is 20.2. The molecule has 1 fully saturated rings. The fourth-order valence-corrected chi connectivity index (χ4v) is 3.99. The van der Waals surface area contributed by atoms with E-state index in [-0.39, 0.29) is 11.5 Å². The van der Waals surface area contributed by atoms with Crippen LogP contribution in [0, 0.1) is 12.8 Å². The molecule has 30 heavy (non-hydrogen) atoms. The highest BCUT2D eigenvalue weighted by Gasteiger charge is 2.16. The van der Waals surface area contributed by atoms with Crippen LogP contribution in [0.25, 0.3) is 10.8 Å². The van der Waals surface area contributed by atoms with Gasteiger partial charge in [-0.3, -0.25) is 9.59 Å². The molecule has 6 nitrogen and oxygen atoms in total. The van der Waals surface area contributed by atoms with Crippen molar-refractivity contribution in [3.8, 4) is 5.75 Å². The summed E-state index contributed by atoms with van der Waals surface area (Å²) < 4.78 is 12.4. The second-order valence-electron chi connectivity index (χ2n) is 7.73. The summed E-state index contributed by atoms with van der Waals surface area (Å²) >= 11 is 0. The number of fused-ring (bicyclic) bond motifs is 1. The molecule has 0 aliphatic carbocycles. The predicted octanol–water partition coefficient (Wildman–Crippen LogP) is 4.00. The van der Waals surface area contributed by atoms with E-state index in [9.17, 15) is 9.59 Å². The first-order valence-electron chi connectivity index (χ1n) is 10.2. The molecule has 1 N–H and O–H groups in total. The lowest BCUT2D eigenvalue weighted by atomic mass is 10.00. The smallest absolute Gasteiger partial charge is 0.258 e. The highest BCUT2D eigenvalue weighted by atomic mass is 16.5. The molecule has 0 radical (unpaired) electrons. The normalized spacial score (nSPS) is 14.6. The number of aromatic nitrogens is 1. The topological polar surface area (TPSA) is 69.6 Å². The van der Waals surface area contributed by atoms with Gasteiger partial charge in [-0.1, -0.05) is 6.07 Å². The Morgan fingerprint density at radius 3 is 2.70 bits per heavy atom. The summed E-state index contributed by atoms with van der Waals surface area (Å²) in [5.41, 5.74) is 2.02. The molecule has 1 aromatic heterocycles. The molecule has 0 atom stereocenters. The van der Waals surface area contributed by atoms with Gasteiger partial charge in [-0.25, -0.2) is 0 Å². The second-order valence-corrected chi connectivity index (χ2v) is 7.73. The third-order valence-electron chi connectivity index (χ3n) is 5.72. The summed E-state index contributed by atoms with van der Waals surface area (Å²) in [5, 5.41) is 4.29. The summed E-state index contributed by atoms with van der Waals surface area (Å²) in [6.45, 7) is 4.11. The van der Waals surface area contributed by atoms with E-state index in [1.54, 1.807) is 35.9 Å². The van der Waals surface area contributed by atoms with Gasteiger partial charge in [-0.15, -0.1) is 0 Å². The van der Waals surface area contributed by atoms with Crippen molar-refractivity contribution in [1.29, 1.82) is 0 Å². The number of anilines is 1. The van der Waals surface area contributed by atoms with Crippen LogP contribution in [0.2, 0.25) is 0 Å². The number of carbonyl (C=O) groups is 1. The Morgan fingerprint density at radius 2 is 1.97 bits per heavy atom. The standard InChI is InChI=1S/C24H26N2O4/c1-16-14-18(6-7-22(16)29-2)23(27)25-21-5-3-4-20-19(21)8-11-26(24(20)28)15-17-9-12-30-13-10-17/h3-8,11,14,17H,9-10,12-13,15H2,1-2H3,(H,25,27). The van der Waals surface area contributed by atoms with Gasteiger partial charge >= 0.3 is 0 Å². The van der Waals surface area contributed by atoms with Crippen molar-refractivity contribution in [2.45, 2.75) is 26.3 Å². The van der Waals surface area contributed by atoms with Gasteiger partial charge in [0.2, 0.25) is 0 Å². The Labute approximate surface area is 175 Å². The van der Waals surface area contributed by atoms with Crippen molar-refractivity contribution < 1.29 is 14.3 Å². The highest BCUT2D eigenvalue weighted by molar-refractivity contribution is 6.09. The number of rotatable bonds is 5. The molecule has 0 spiro atoms. The maximum Gasteiger partial charge on any atom is 0.258 e. The summed E-state index contributed by atoms with van der Waals surface area (Å²) in [6.07, 6.45) is 3.77. The van der Waals surface area contributed by atoms with Crippen molar-refractivity contribution in [1.82, 2.24) is 4.57 Å². The SMILES string of the molecule is COc1ccc(C(=O)Nc2cccc3c(=O)n(CC4CCOCC4)ccc23)cc1C. The number of pyridine rings is 1. The minimum atomic E-state index is -0.223. The van der Waals surface area contributed by atoms with Crippen LogP contribution in [0.4, 0.5) is 5.69 Å². The summed E-state index contributed by atoms with van der Waals surface area (Å²) in [5.74, 6) is 0.969. The molecule has 156 valence electrons. The summed E-state index contributed by atoms with van der Waals surface area (Å²) in [4.78, 5) is 25.8. The maximum absolute atomic E-state index is 13.0. The molecule has 1 saturated heterocycles. The third kappa shape index (κ3) is 4.09. The van der Waals surface area contributed by atoms with Crippen molar-refractivity contribution in [3.05, 3.63) is 70.1 Å². The van der Waals surface area contributed by atoms with Gasteiger partial charge in [-0.2, -0.15) is 0 Å². The summed E-state index contributed by atoms with van der Waals surface area (Å²) in [7, 11) is 1.60. The van der Waals surface area contributed by atoms with E-state index in [0.29, 0.717) is 29.1 Å². The highest BCUT2D eigenvalue weighted by Crippen LogP contribution is 2.24. The van der Waals surface area contributed by atoms with E-state index in [2.05, 4.69) is 5.32 Å². The molecule has 3 aromatic rings. The minimum absolute atomic E-state index is 0.0321. The van der Waals surface area contributed by atoms with Gasteiger partial charge in [-0.05, 0) is 67.6 Å². The van der Waals surface area contributed by atoms with Crippen LogP contribution in [0.5, 0.6) is 5.75 Å². The number of hydrogen-bond donors (Lipinski definition) is 1. The maximum atomic E-state index is 13.0. The predicted molar refractivity (Wildman–Crippen MR) is 117 cm³/mol. The Morgan fingerprint density at radius 1 is 1.17 bits per heavy atom. The van der Waals surface area contributed by atoms with E-state index in [4.69, 9.17) is 9.47 Å². The van der Waals surface area contributed by atoms with Crippen LogP contribution in [-0.4, -0.2) is 30.8 Å². The first-order valence-corrected chi connectivity index (χ1v) is 10.2. The average molecular weight is 406 g/mol. The monoisotopic (exact) mass is 406 g/mol. The quantitative estimate of drug-likeness (QED) is 0.695. The zero-order chi connectivity index (χ0) is 21.1. The molecule has 6 heteroatoms. The summed E-state index contributed by atoms with van der Waals surface area (Å²) in [6, 6.07) is 12.6. The third-order valence-corrected chi connectivity index (χ3v) is 5.72. The lowest BCUT2D eigenvalue weighted by Crippen LogP contribution is -2.27. The van der Waals surface area contributed by atoms with Crippen LogP contribution in [0.1, 0.15) is 28.8 Å². The number of nitrogens with one attached hydrogen (secondary N) is 1. The molecule has 1 aliphatic rings. The van der Waals surface area contributed by atoms with Crippen LogP contribution >= 0.6 is 0 Å². The fraction of sp³-hybridized carbons (Fsp3) is 0.333. The molecule has 1 aliphatic heterocycles. The van der Waals surface area contributed by atoms with Gasteiger partial charge < -0.3 is 19.4 Å². The molecule has 2 aromatic carbocycles. The molecule has 0 bridgehead atoms. The first-order chi connectivity index (χ1) is 14.6. The number of aryl methyl sites for hydroxylation is 1. The second kappa shape index (κ2) is 8.71. The largest absolute Gasteiger partial charge is 0.496 e. The van der Waals surface area contributed by atoms with Crippen LogP contribution in [0.15, 0.2) is 53.5 Å². The zero-order valence-corrected chi connectivity index (χ0v) is 17.3. The van der Waals surface area contributed by atoms with Crippen molar-refractivity contribution in [2.24, 2.45) is 5.92 Å². The zero-order valence-electron chi connectivity index (χ0n) is 17.3. The van der Waals surface area contributed by atoms with Gasteiger partial charge in [0.1, 0.15) is 5.75 Å². The van der Waals surface area contributed by atoms with Gasteiger partial charge in [0.15, 0.2) is 0 Å². The Balaban J connectivity index is 1.60. The van der Waals surface area contributed by atoms with Crippen molar-refractivity contribution in [3.63, 3.8) is 0 Å². The van der Waals surface area contributed by atoms with Gasteiger partial charge in [0, 0.05) is 48.0 Å². The molecule has 0 saturated carbocycles. The van der Waals surface area contributed by atoms with E-state index in [1.165, 1.54) is 0 Å².